The molecule has 3 nitrogen and oxygen atoms in total. The Morgan fingerprint density at radius 1 is 1.50 bits per heavy atom. The van der Waals surface area contributed by atoms with E-state index in [0.717, 1.165) is 29.6 Å². The first-order chi connectivity index (χ1) is 8.54. The van der Waals surface area contributed by atoms with Crippen molar-refractivity contribution in [3.05, 3.63) is 35.3 Å². The maximum Gasteiger partial charge on any atom is 0.335 e. The standard InChI is InChI=1S/C14H15ClO3/c1-8-10(15)3-5-14(2)11(8)13(16)18-12(14)9-4-6-17-7-9/h4,6-7,10,12H,3,5H2,1-2H3/t10?,12-,14+/m1/s1. The highest BCUT2D eigenvalue weighted by atomic mass is 35.5. The first-order valence-electron chi connectivity index (χ1n) is 6.12. The quantitative estimate of drug-likeness (QED) is 0.576. The van der Waals surface area contributed by atoms with E-state index in [1.54, 1.807) is 12.5 Å². The first-order valence-corrected chi connectivity index (χ1v) is 6.56. The summed E-state index contributed by atoms with van der Waals surface area (Å²) in [5.74, 6) is -0.230. The van der Waals surface area contributed by atoms with E-state index in [9.17, 15) is 4.79 Å². The van der Waals surface area contributed by atoms with Crippen LogP contribution in [-0.2, 0) is 9.53 Å². The van der Waals surface area contributed by atoms with Crippen LogP contribution in [0.3, 0.4) is 0 Å². The van der Waals surface area contributed by atoms with Crippen LogP contribution < -0.4 is 0 Å². The monoisotopic (exact) mass is 266 g/mol. The molecule has 0 bridgehead atoms. The molecule has 1 aliphatic heterocycles. The Labute approximate surface area is 111 Å². The molecule has 3 rings (SSSR count). The lowest BCUT2D eigenvalue weighted by Crippen LogP contribution is -2.30. The Kier molecular flexibility index (Phi) is 2.56. The second kappa shape index (κ2) is 3.89. The molecule has 0 spiro atoms. The lowest BCUT2D eigenvalue weighted by molar-refractivity contribution is -0.140. The average Bonchev–Trinajstić information content (AvgIpc) is 2.92. The van der Waals surface area contributed by atoms with Gasteiger partial charge in [-0.05, 0) is 31.4 Å². The van der Waals surface area contributed by atoms with Crippen molar-refractivity contribution in [1.82, 2.24) is 0 Å². The van der Waals surface area contributed by atoms with E-state index in [2.05, 4.69) is 6.92 Å². The highest BCUT2D eigenvalue weighted by Gasteiger charge is 2.54. The fourth-order valence-corrected chi connectivity index (χ4v) is 3.41. The second-order valence-corrected chi connectivity index (χ2v) is 5.85. The van der Waals surface area contributed by atoms with E-state index in [1.165, 1.54) is 0 Å². The number of carbonyl (C=O) groups excluding carboxylic acids is 1. The molecule has 0 saturated carbocycles. The molecule has 1 aliphatic carbocycles. The molecule has 0 amide bonds. The van der Waals surface area contributed by atoms with Crippen molar-refractivity contribution in [2.45, 2.75) is 38.2 Å². The summed E-state index contributed by atoms with van der Waals surface area (Å²) in [5.41, 5.74) is 2.36. The number of halogens is 1. The van der Waals surface area contributed by atoms with Crippen LogP contribution in [0.15, 0.2) is 34.2 Å². The van der Waals surface area contributed by atoms with E-state index in [1.807, 2.05) is 13.0 Å². The van der Waals surface area contributed by atoms with Crippen LogP contribution in [-0.4, -0.2) is 11.3 Å². The van der Waals surface area contributed by atoms with E-state index >= 15 is 0 Å². The number of rotatable bonds is 1. The number of cyclic esters (lactones) is 1. The summed E-state index contributed by atoms with van der Waals surface area (Å²) in [4.78, 5) is 12.1. The zero-order valence-corrected chi connectivity index (χ0v) is 11.2. The van der Waals surface area contributed by atoms with Crippen LogP contribution in [0.2, 0.25) is 0 Å². The van der Waals surface area contributed by atoms with Gasteiger partial charge in [0.05, 0.1) is 17.9 Å². The average molecular weight is 267 g/mol. The Bertz CT molecular complexity index is 517. The summed E-state index contributed by atoms with van der Waals surface area (Å²) in [7, 11) is 0. The van der Waals surface area contributed by atoms with Gasteiger partial charge in [0, 0.05) is 16.6 Å². The SMILES string of the molecule is CC1=C2C(=O)O[C@H](c3ccoc3)[C@@]2(C)CCC1Cl. The van der Waals surface area contributed by atoms with Crippen molar-refractivity contribution in [1.29, 1.82) is 0 Å². The van der Waals surface area contributed by atoms with Crippen LogP contribution in [0.25, 0.3) is 0 Å². The smallest absolute Gasteiger partial charge is 0.335 e. The third-order valence-electron chi connectivity index (χ3n) is 4.21. The minimum Gasteiger partial charge on any atom is -0.472 e. The van der Waals surface area contributed by atoms with Crippen molar-refractivity contribution in [2.24, 2.45) is 5.41 Å². The molecule has 18 heavy (non-hydrogen) atoms. The van der Waals surface area contributed by atoms with Gasteiger partial charge in [0.25, 0.3) is 0 Å². The van der Waals surface area contributed by atoms with Crippen molar-refractivity contribution in [2.75, 3.05) is 0 Å². The van der Waals surface area contributed by atoms with E-state index in [0.29, 0.717) is 0 Å². The molecule has 1 aromatic heterocycles. The number of hydrogen-bond donors (Lipinski definition) is 0. The topological polar surface area (TPSA) is 39.4 Å². The molecule has 1 aromatic rings. The number of carbonyl (C=O) groups is 1. The molecule has 1 unspecified atom stereocenters. The van der Waals surface area contributed by atoms with E-state index in [4.69, 9.17) is 20.8 Å². The van der Waals surface area contributed by atoms with E-state index < -0.39 is 0 Å². The van der Waals surface area contributed by atoms with Crippen molar-refractivity contribution in [3.8, 4) is 0 Å². The fourth-order valence-electron chi connectivity index (χ4n) is 3.19. The highest BCUT2D eigenvalue weighted by Crippen LogP contribution is 2.56. The molecule has 2 heterocycles. The zero-order valence-electron chi connectivity index (χ0n) is 10.4. The van der Waals surface area contributed by atoms with Gasteiger partial charge < -0.3 is 9.15 Å². The number of esters is 1. The maximum absolute atomic E-state index is 12.1. The summed E-state index contributed by atoms with van der Waals surface area (Å²) in [5, 5.41) is -0.0521. The molecule has 1 fully saturated rings. The van der Waals surface area contributed by atoms with Crippen LogP contribution in [0.4, 0.5) is 0 Å². The van der Waals surface area contributed by atoms with Gasteiger partial charge in [-0.3, -0.25) is 0 Å². The molecule has 4 heteroatoms. The summed E-state index contributed by atoms with van der Waals surface area (Å²) >= 11 is 6.25. The molecule has 1 saturated heterocycles. The predicted molar refractivity (Wildman–Crippen MR) is 67.2 cm³/mol. The molecule has 0 radical (unpaired) electrons. The molecular weight excluding hydrogens is 252 g/mol. The minimum absolute atomic E-state index is 0.0521. The van der Waals surface area contributed by atoms with Crippen LogP contribution >= 0.6 is 11.6 Å². The van der Waals surface area contributed by atoms with E-state index in [-0.39, 0.29) is 22.9 Å². The van der Waals surface area contributed by atoms with Gasteiger partial charge in [0.1, 0.15) is 6.10 Å². The summed E-state index contributed by atoms with van der Waals surface area (Å²) < 4.78 is 10.7. The summed E-state index contributed by atoms with van der Waals surface area (Å²) in [6, 6.07) is 1.86. The number of furan rings is 1. The summed E-state index contributed by atoms with van der Waals surface area (Å²) in [6.45, 7) is 4.01. The number of alkyl halides is 1. The first kappa shape index (κ1) is 11.8. The third kappa shape index (κ3) is 1.46. The molecule has 3 atom stereocenters. The van der Waals surface area contributed by atoms with Gasteiger partial charge >= 0.3 is 5.97 Å². The Hall–Kier alpha value is -1.22. The van der Waals surface area contributed by atoms with Gasteiger partial charge in [0.15, 0.2) is 0 Å². The molecular formula is C14H15ClO3. The second-order valence-electron chi connectivity index (χ2n) is 5.32. The molecule has 0 aromatic carbocycles. The lowest BCUT2D eigenvalue weighted by atomic mass is 9.68. The van der Waals surface area contributed by atoms with Gasteiger partial charge in [-0.2, -0.15) is 0 Å². The Balaban J connectivity index is 2.11. The normalized spacial score (nSPS) is 35.6. The van der Waals surface area contributed by atoms with Crippen molar-refractivity contribution < 1.29 is 13.9 Å². The van der Waals surface area contributed by atoms with Crippen LogP contribution in [0.1, 0.15) is 38.4 Å². The van der Waals surface area contributed by atoms with Crippen molar-refractivity contribution in [3.63, 3.8) is 0 Å². The lowest BCUT2D eigenvalue weighted by Gasteiger charge is -2.35. The number of hydrogen-bond acceptors (Lipinski definition) is 3. The van der Waals surface area contributed by atoms with Crippen molar-refractivity contribution >= 4 is 17.6 Å². The predicted octanol–water partition coefficient (Wildman–Crippen LogP) is 3.60. The number of ether oxygens (including phenoxy) is 1. The third-order valence-corrected chi connectivity index (χ3v) is 4.75. The Morgan fingerprint density at radius 2 is 2.28 bits per heavy atom. The van der Waals surface area contributed by atoms with Gasteiger partial charge in [-0.1, -0.05) is 6.92 Å². The molecule has 96 valence electrons. The molecule has 2 aliphatic rings. The fraction of sp³-hybridized carbons (Fsp3) is 0.500. The number of allylic oxidation sites excluding steroid dienone is 1. The van der Waals surface area contributed by atoms with Crippen LogP contribution in [0.5, 0.6) is 0 Å². The summed E-state index contributed by atoms with van der Waals surface area (Å²) in [6.07, 6.45) is 4.73. The minimum atomic E-state index is -0.281. The van der Waals surface area contributed by atoms with Gasteiger partial charge in [-0.25, -0.2) is 4.79 Å². The van der Waals surface area contributed by atoms with Crippen LogP contribution in [0, 0.1) is 5.41 Å². The van der Waals surface area contributed by atoms with Gasteiger partial charge in [-0.15, -0.1) is 11.6 Å². The largest absolute Gasteiger partial charge is 0.472 e. The molecule has 0 N–H and O–H groups in total. The Morgan fingerprint density at radius 3 is 2.94 bits per heavy atom. The highest BCUT2D eigenvalue weighted by molar-refractivity contribution is 6.23. The maximum atomic E-state index is 12.1. The van der Waals surface area contributed by atoms with Gasteiger partial charge in [0.2, 0.25) is 0 Å². The number of fused-ring (bicyclic) bond motifs is 1. The zero-order chi connectivity index (χ0) is 12.9.